The molecular weight excluding hydrogens is 304 g/mol. The van der Waals surface area contributed by atoms with Crippen LogP contribution in [0.1, 0.15) is 12.6 Å². The fourth-order valence-corrected chi connectivity index (χ4v) is 2.38. The first-order valence-corrected chi connectivity index (χ1v) is 6.89. The lowest BCUT2D eigenvalue weighted by molar-refractivity contribution is -0.385. The van der Waals surface area contributed by atoms with E-state index in [4.69, 9.17) is 16.3 Å². The van der Waals surface area contributed by atoms with E-state index in [2.05, 4.69) is 14.9 Å². The molecule has 20 heavy (non-hydrogen) atoms. The number of hydrogen-bond donors (Lipinski definition) is 1. The van der Waals surface area contributed by atoms with Gasteiger partial charge in [0.05, 0.1) is 9.95 Å². The summed E-state index contributed by atoms with van der Waals surface area (Å²) in [5.41, 5.74) is 0.414. The molecule has 106 valence electrons. The van der Waals surface area contributed by atoms with Gasteiger partial charge in [0, 0.05) is 24.1 Å². The lowest BCUT2D eigenvalue weighted by Crippen LogP contribution is -2.04. The summed E-state index contributed by atoms with van der Waals surface area (Å²) in [4.78, 5) is 10.4. The molecule has 0 aliphatic rings. The van der Waals surface area contributed by atoms with Crippen molar-refractivity contribution >= 4 is 33.8 Å². The third kappa shape index (κ3) is 3.14. The van der Waals surface area contributed by atoms with Crippen LogP contribution in [0.25, 0.3) is 0 Å². The first kappa shape index (κ1) is 14.5. The van der Waals surface area contributed by atoms with Crippen LogP contribution in [0.2, 0.25) is 5.02 Å². The van der Waals surface area contributed by atoms with Crippen molar-refractivity contribution in [1.29, 1.82) is 0 Å². The second-order valence-electron chi connectivity index (χ2n) is 3.71. The van der Waals surface area contributed by atoms with Crippen molar-refractivity contribution in [1.82, 2.24) is 9.59 Å². The summed E-state index contributed by atoms with van der Waals surface area (Å²) in [6, 6.07) is 4.38. The molecule has 1 heterocycles. The lowest BCUT2D eigenvalue weighted by Gasteiger charge is -2.08. The zero-order valence-corrected chi connectivity index (χ0v) is 12.1. The molecule has 0 aliphatic heterocycles. The SMILES string of the molecule is CCNc1snnc1COc1c(Cl)cccc1[N+](=O)[O-]. The molecule has 0 saturated heterocycles. The summed E-state index contributed by atoms with van der Waals surface area (Å²) in [5, 5.41) is 18.9. The Morgan fingerprint density at radius 3 is 3.05 bits per heavy atom. The molecule has 0 fully saturated rings. The number of ether oxygens (including phenoxy) is 1. The number of nitro benzene ring substituents is 1. The number of anilines is 1. The van der Waals surface area contributed by atoms with E-state index < -0.39 is 4.92 Å². The van der Waals surface area contributed by atoms with E-state index in [1.165, 1.54) is 29.7 Å². The maximum Gasteiger partial charge on any atom is 0.312 e. The molecule has 1 aromatic heterocycles. The highest BCUT2D eigenvalue weighted by Crippen LogP contribution is 2.35. The smallest absolute Gasteiger partial charge is 0.312 e. The van der Waals surface area contributed by atoms with Gasteiger partial charge < -0.3 is 10.1 Å². The van der Waals surface area contributed by atoms with Crippen LogP contribution in [0, 0.1) is 10.1 Å². The van der Waals surface area contributed by atoms with Crippen molar-refractivity contribution in [3.05, 3.63) is 39.0 Å². The summed E-state index contributed by atoms with van der Waals surface area (Å²) in [6.45, 7) is 2.73. The highest BCUT2D eigenvalue weighted by molar-refractivity contribution is 7.10. The zero-order chi connectivity index (χ0) is 14.5. The van der Waals surface area contributed by atoms with Crippen molar-refractivity contribution in [2.75, 3.05) is 11.9 Å². The van der Waals surface area contributed by atoms with Gasteiger partial charge in [0.25, 0.3) is 0 Å². The van der Waals surface area contributed by atoms with Crippen LogP contribution in [0.3, 0.4) is 0 Å². The maximum absolute atomic E-state index is 10.9. The summed E-state index contributed by atoms with van der Waals surface area (Å²) in [7, 11) is 0. The van der Waals surface area contributed by atoms with Crippen molar-refractivity contribution < 1.29 is 9.66 Å². The number of nitrogens with zero attached hydrogens (tertiary/aromatic N) is 3. The number of nitrogens with one attached hydrogen (secondary N) is 1. The van der Waals surface area contributed by atoms with Crippen LogP contribution in [0.4, 0.5) is 10.7 Å². The van der Waals surface area contributed by atoms with Crippen LogP contribution in [-0.4, -0.2) is 21.1 Å². The molecule has 0 unspecified atom stereocenters. The molecule has 0 amide bonds. The molecule has 0 bridgehead atoms. The number of halogens is 1. The molecule has 2 rings (SSSR count). The number of aromatic nitrogens is 2. The van der Waals surface area contributed by atoms with Gasteiger partial charge >= 0.3 is 5.69 Å². The monoisotopic (exact) mass is 314 g/mol. The zero-order valence-electron chi connectivity index (χ0n) is 10.5. The quantitative estimate of drug-likeness (QED) is 0.650. The number of rotatable bonds is 6. The lowest BCUT2D eigenvalue weighted by atomic mass is 10.3. The Morgan fingerprint density at radius 2 is 2.35 bits per heavy atom. The minimum Gasteiger partial charge on any atom is -0.479 e. The van der Waals surface area contributed by atoms with Crippen LogP contribution < -0.4 is 10.1 Å². The Labute approximate surface area is 123 Å². The van der Waals surface area contributed by atoms with Gasteiger partial charge in [-0.2, -0.15) is 0 Å². The van der Waals surface area contributed by atoms with Gasteiger partial charge in [0.15, 0.2) is 0 Å². The first-order valence-electron chi connectivity index (χ1n) is 5.74. The Balaban J connectivity index is 2.18. The summed E-state index contributed by atoms with van der Waals surface area (Å²) in [5.74, 6) is 0.0367. The number of para-hydroxylation sites is 1. The van der Waals surface area contributed by atoms with Crippen LogP contribution in [0.15, 0.2) is 18.2 Å². The molecule has 0 atom stereocenters. The molecule has 1 aromatic carbocycles. The van der Waals surface area contributed by atoms with E-state index >= 15 is 0 Å². The minimum atomic E-state index is -0.536. The van der Waals surface area contributed by atoms with Gasteiger partial charge in [-0.05, 0) is 13.0 Å². The first-order chi connectivity index (χ1) is 9.63. The fraction of sp³-hybridized carbons (Fsp3) is 0.273. The van der Waals surface area contributed by atoms with Crippen molar-refractivity contribution in [2.24, 2.45) is 0 Å². The Kier molecular flexibility index (Phi) is 4.70. The molecule has 2 aromatic rings. The normalized spacial score (nSPS) is 10.3. The molecule has 9 heteroatoms. The topological polar surface area (TPSA) is 90.2 Å². The standard InChI is InChI=1S/C11H11ClN4O3S/c1-2-13-11-8(14-15-20-11)6-19-10-7(12)4-3-5-9(10)16(17)18/h3-5,13H,2,6H2,1H3. The average Bonchev–Trinajstić information content (AvgIpc) is 2.85. The van der Waals surface area contributed by atoms with Crippen molar-refractivity contribution in [3.63, 3.8) is 0 Å². The van der Waals surface area contributed by atoms with E-state index in [1.54, 1.807) is 0 Å². The van der Waals surface area contributed by atoms with E-state index in [0.717, 1.165) is 11.5 Å². The van der Waals surface area contributed by atoms with Crippen LogP contribution in [0.5, 0.6) is 5.75 Å². The summed E-state index contributed by atoms with van der Waals surface area (Å²) < 4.78 is 9.27. The molecule has 1 N–H and O–H groups in total. The fourth-order valence-electron chi connectivity index (χ4n) is 1.52. The third-order valence-electron chi connectivity index (χ3n) is 2.39. The van der Waals surface area contributed by atoms with Gasteiger partial charge in [-0.3, -0.25) is 10.1 Å². The molecule has 0 saturated carbocycles. The van der Waals surface area contributed by atoms with Gasteiger partial charge in [0.1, 0.15) is 17.3 Å². The van der Waals surface area contributed by atoms with Crippen molar-refractivity contribution in [3.8, 4) is 5.75 Å². The molecule has 7 nitrogen and oxygen atoms in total. The van der Waals surface area contributed by atoms with Gasteiger partial charge in [-0.25, -0.2) is 0 Å². The third-order valence-corrected chi connectivity index (χ3v) is 3.41. The second kappa shape index (κ2) is 6.49. The highest BCUT2D eigenvalue weighted by Gasteiger charge is 2.19. The van der Waals surface area contributed by atoms with Gasteiger partial charge in [-0.1, -0.05) is 22.2 Å². The van der Waals surface area contributed by atoms with E-state index in [1.807, 2.05) is 6.92 Å². The van der Waals surface area contributed by atoms with Crippen molar-refractivity contribution in [2.45, 2.75) is 13.5 Å². The van der Waals surface area contributed by atoms with E-state index in [9.17, 15) is 10.1 Å². The summed E-state index contributed by atoms with van der Waals surface area (Å²) >= 11 is 7.14. The van der Waals surface area contributed by atoms with Crippen LogP contribution in [-0.2, 0) is 6.61 Å². The average molecular weight is 315 g/mol. The number of nitro groups is 1. The largest absolute Gasteiger partial charge is 0.479 e. The van der Waals surface area contributed by atoms with Crippen LogP contribution >= 0.6 is 23.1 Å². The molecule has 0 spiro atoms. The Hall–Kier alpha value is -1.93. The highest BCUT2D eigenvalue weighted by atomic mass is 35.5. The number of benzene rings is 1. The Bertz CT molecular complexity index is 619. The van der Waals surface area contributed by atoms with Gasteiger partial charge in [-0.15, -0.1) is 5.10 Å². The molecule has 0 radical (unpaired) electrons. The predicted molar refractivity (Wildman–Crippen MR) is 76.5 cm³/mol. The summed E-state index contributed by atoms with van der Waals surface area (Å²) in [6.07, 6.45) is 0. The second-order valence-corrected chi connectivity index (χ2v) is 4.87. The number of hydrogen-bond acceptors (Lipinski definition) is 7. The van der Waals surface area contributed by atoms with E-state index in [-0.39, 0.29) is 23.1 Å². The maximum atomic E-state index is 10.9. The van der Waals surface area contributed by atoms with Gasteiger partial charge in [0.2, 0.25) is 5.75 Å². The molecule has 0 aliphatic carbocycles. The van der Waals surface area contributed by atoms with E-state index in [0.29, 0.717) is 5.69 Å². The minimum absolute atomic E-state index is 0.0367. The predicted octanol–water partition coefficient (Wildman–Crippen LogP) is 3.11. The molecular formula is C11H11ClN4O3S. The Morgan fingerprint density at radius 1 is 1.55 bits per heavy atom.